The van der Waals surface area contributed by atoms with Crippen molar-refractivity contribution in [1.29, 1.82) is 0 Å². The molecule has 0 spiro atoms. The first kappa shape index (κ1) is 16.1. The largest absolute Gasteiger partial charge is 0.316 e. The van der Waals surface area contributed by atoms with Crippen molar-refractivity contribution in [2.75, 3.05) is 0 Å². The van der Waals surface area contributed by atoms with Crippen molar-refractivity contribution in [3.63, 3.8) is 0 Å². The van der Waals surface area contributed by atoms with Gasteiger partial charge in [-0.05, 0) is 11.1 Å². The van der Waals surface area contributed by atoms with Crippen LogP contribution in [-0.4, -0.2) is 16.3 Å². The highest BCUT2D eigenvalue weighted by molar-refractivity contribution is 7.07. The Balaban J connectivity index is 1.79. The summed E-state index contributed by atoms with van der Waals surface area (Å²) >= 11 is 1.34. The lowest BCUT2D eigenvalue weighted by Gasteiger charge is -2.05. The minimum atomic E-state index is -0.272. The Kier molecular flexibility index (Phi) is 4.82. The van der Waals surface area contributed by atoms with Gasteiger partial charge in [-0.25, -0.2) is 0 Å². The molecule has 3 aromatic rings. The van der Waals surface area contributed by atoms with Crippen LogP contribution in [0.15, 0.2) is 71.2 Å². The molecule has 0 N–H and O–H groups in total. The van der Waals surface area contributed by atoms with Gasteiger partial charge in [0.1, 0.15) is 0 Å². The third kappa shape index (κ3) is 3.75. The average molecular weight is 336 g/mol. The predicted octanol–water partition coefficient (Wildman–Crippen LogP) is 3.55. The first-order chi connectivity index (χ1) is 11.6. The van der Waals surface area contributed by atoms with E-state index in [9.17, 15) is 9.59 Å². The van der Waals surface area contributed by atoms with E-state index >= 15 is 0 Å². The fourth-order valence-corrected chi connectivity index (χ4v) is 3.14. The number of benzene rings is 2. The van der Waals surface area contributed by atoms with Crippen molar-refractivity contribution in [2.45, 2.75) is 13.5 Å². The second-order valence-corrected chi connectivity index (χ2v) is 6.18. The van der Waals surface area contributed by atoms with Gasteiger partial charge >= 0.3 is 0 Å². The third-order valence-electron chi connectivity index (χ3n) is 3.54. The smallest absolute Gasteiger partial charge is 0.245 e. The Labute approximate surface area is 143 Å². The maximum absolute atomic E-state index is 12.5. The van der Waals surface area contributed by atoms with E-state index in [1.807, 2.05) is 60.0 Å². The van der Waals surface area contributed by atoms with E-state index in [-0.39, 0.29) is 18.2 Å². The molecule has 0 aliphatic heterocycles. The number of aromatic nitrogens is 1. The molecule has 1 aromatic heterocycles. The van der Waals surface area contributed by atoms with Crippen LogP contribution in [0, 0.1) is 0 Å². The van der Waals surface area contributed by atoms with Crippen LogP contribution >= 0.6 is 11.3 Å². The van der Waals surface area contributed by atoms with Gasteiger partial charge in [0.15, 0.2) is 10.6 Å². The van der Waals surface area contributed by atoms with Gasteiger partial charge in [-0.3, -0.25) is 9.59 Å². The number of rotatable bonds is 4. The van der Waals surface area contributed by atoms with Gasteiger partial charge < -0.3 is 4.57 Å². The van der Waals surface area contributed by atoms with Gasteiger partial charge in [0.25, 0.3) is 0 Å². The van der Waals surface area contributed by atoms with Gasteiger partial charge in [-0.1, -0.05) is 54.6 Å². The number of amides is 1. The summed E-state index contributed by atoms with van der Waals surface area (Å²) < 4.78 is 1.69. The quantitative estimate of drug-likeness (QED) is 0.684. The van der Waals surface area contributed by atoms with Crippen LogP contribution in [0.1, 0.15) is 17.3 Å². The van der Waals surface area contributed by atoms with E-state index in [0.29, 0.717) is 10.4 Å². The molecule has 0 radical (unpaired) electrons. The van der Waals surface area contributed by atoms with Crippen molar-refractivity contribution < 1.29 is 9.59 Å². The summed E-state index contributed by atoms with van der Waals surface area (Å²) in [4.78, 5) is 28.0. The van der Waals surface area contributed by atoms with E-state index < -0.39 is 0 Å². The fourth-order valence-electron chi connectivity index (χ4n) is 2.37. The molecule has 0 aliphatic carbocycles. The van der Waals surface area contributed by atoms with Crippen LogP contribution in [0.4, 0.5) is 0 Å². The Hall–Kier alpha value is -2.79. The van der Waals surface area contributed by atoms with Crippen molar-refractivity contribution in [3.8, 4) is 11.1 Å². The van der Waals surface area contributed by atoms with Crippen molar-refractivity contribution in [2.24, 2.45) is 4.99 Å². The lowest BCUT2D eigenvalue weighted by Crippen LogP contribution is -2.20. The molecule has 1 amide bonds. The average Bonchev–Trinajstić information content (AvgIpc) is 3.02. The number of hydrogen-bond donors (Lipinski definition) is 0. The zero-order valence-electron chi connectivity index (χ0n) is 13.2. The first-order valence-electron chi connectivity index (χ1n) is 7.51. The molecule has 0 atom stereocenters. The molecule has 2 aromatic carbocycles. The van der Waals surface area contributed by atoms with E-state index in [1.165, 1.54) is 18.3 Å². The lowest BCUT2D eigenvalue weighted by atomic mass is 10.0. The van der Waals surface area contributed by atoms with E-state index in [1.54, 1.807) is 10.8 Å². The molecule has 120 valence electrons. The van der Waals surface area contributed by atoms with Gasteiger partial charge in [-0.15, -0.1) is 11.3 Å². The molecule has 24 heavy (non-hydrogen) atoms. The highest BCUT2D eigenvalue weighted by atomic mass is 32.1. The van der Waals surface area contributed by atoms with Crippen LogP contribution in [0.5, 0.6) is 0 Å². The second kappa shape index (κ2) is 7.19. The molecule has 0 unspecified atom stereocenters. The topological polar surface area (TPSA) is 51.4 Å². The zero-order valence-corrected chi connectivity index (χ0v) is 14.0. The van der Waals surface area contributed by atoms with Crippen LogP contribution in [0.3, 0.4) is 0 Å². The molecular formula is C19H16N2O2S. The molecule has 0 saturated carbocycles. The minimum absolute atomic E-state index is 0.0157. The number of carbonyl (C=O) groups is 2. The number of carbonyl (C=O) groups excluding carboxylic acids is 2. The molecule has 3 rings (SSSR count). The summed E-state index contributed by atoms with van der Waals surface area (Å²) in [6.45, 7) is 1.56. The molecule has 0 fully saturated rings. The summed E-state index contributed by atoms with van der Waals surface area (Å²) in [5, 5.41) is 1.81. The Morgan fingerprint density at radius 3 is 2.33 bits per heavy atom. The van der Waals surface area contributed by atoms with Crippen LogP contribution < -0.4 is 4.80 Å². The molecule has 0 saturated heterocycles. The van der Waals surface area contributed by atoms with Gasteiger partial charge in [0, 0.05) is 24.1 Å². The fraction of sp³-hybridized carbons (Fsp3) is 0.105. The number of Topliss-reactive ketones (excluding diaryl/α,β-unsaturated/α-hetero) is 1. The summed E-state index contributed by atoms with van der Waals surface area (Å²) in [5.41, 5.74) is 2.83. The minimum Gasteiger partial charge on any atom is -0.316 e. The molecule has 1 heterocycles. The van der Waals surface area contributed by atoms with Crippen LogP contribution in [0.25, 0.3) is 11.1 Å². The molecule has 0 aliphatic rings. The maximum Gasteiger partial charge on any atom is 0.245 e. The Morgan fingerprint density at radius 1 is 1.00 bits per heavy atom. The van der Waals surface area contributed by atoms with Crippen molar-refractivity contribution in [1.82, 2.24) is 4.57 Å². The highest BCUT2D eigenvalue weighted by Gasteiger charge is 2.08. The molecule has 5 heteroatoms. The molecule has 0 bridgehead atoms. The lowest BCUT2D eigenvalue weighted by molar-refractivity contribution is -0.116. The summed E-state index contributed by atoms with van der Waals surface area (Å²) in [7, 11) is 0. The standard InChI is InChI=1S/C19H16N2O2S/c1-14(22)20-19-21(11-12-24-19)13-18(23)17-9-7-16(8-10-17)15-5-3-2-4-6-15/h2-12H,13H2,1H3. The normalized spacial score (nSPS) is 11.5. The van der Waals surface area contributed by atoms with Gasteiger partial charge in [-0.2, -0.15) is 4.99 Å². The zero-order chi connectivity index (χ0) is 16.9. The molecular weight excluding hydrogens is 320 g/mol. The van der Waals surface area contributed by atoms with Crippen molar-refractivity contribution in [3.05, 3.63) is 76.5 Å². The van der Waals surface area contributed by atoms with Crippen LogP contribution in [-0.2, 0) is 11.3 Å². The predicted molar refractivity (Wildman–Crippen MR) is 94.8 cm³/mol. The maximum atomic E-state index is 12.5. The molecule has 4 nitrogen and oxygen atoms in total. The SMILES string of the molecule is CC(=O)N=c1sccn1CC(=O)c1ccc(-c2ccccc2)cc1. The second-order valence-electron chi connectivity index (χ2n) is 5.31. The van der Waals surface area contributed by atoms with Gasteiger partial charge in [0.05, 0.1) is 6.54 Å². The summed E-state index contributed by atoms with van der Waals surface area (Å²) in [6, 6.07) is 17.6. The Morgan fingerprint density at radius 2 is 1.67 bits per heavy atom. The van der Waals surface area contributed by atoms with Crippen LogP contribution in [0.2, 0.25) is 0 Å². The van der Waals surface area contributed by atoms with E-state index in [0.717, 1.165) is 11.1 Å². The van der Waals surface area contributed by atoms with Gasteiger partial charge in [0.2, 0.25) is 5.91 Å². The third-order valence-corrected chi connectivity index (χ3v) is 4.34. The number of hydrogen-bond acceptors (Lipinski definition) is 3. The number of nitrogens with zero attached hydrogens (tertiary/aromatic N) is 2. The first-order valence-corrected chi connectivity index (χ1v) is 8.39. The monoisotopic (exact) mass is 336 g/mol. The van der Waals surface area contributed by atoms with E-state index in [2.05, 4.69) is 4.99 Å². The summed E-state index contributed by atoms with van der Waals surface area (Å²) in [6.07, 6.45) is 1.77. The van der Waals surface area contributed by atoms with Crippen molar-refractivity contribution >= 4 is 23.0 Å². The Bertz CT molecular complexity index is 922. The highest BCUT2D eigenvalue weighted by Crippen LogP contribution is 2.19. The summed E-state index contributed by atoms with van der Waals surface area (Å²) in [5.74, 6) is -0.288. The number of thiazole rings is 1. The number of ketones is 1. The van der Waals surface area contributed by atoms with E-state index in [4.69, 9.17) is 0 Å².